The second-order valence-corrected chi connectivity index (χ2v) is 11.8. The molecule has 0 aliphatic carbocycles. The highest BCUT2D eigenvalue weighted by atomic mass is 32.2. The molecule has 2 amide bonds. The first-order valence-corrected chi connectivity index (χ1v) is 13.9. The summed E-state index contributed by atoms with van der Waals surface area (Å²) in [6.07, 6.45) is 4.13. The summed E-state index contributed by atoms with van der Waals surface area (Å²) >= 11 is 1.34. The van der Waals surface area contributed by atoms with Crippen LogP contribution in [0.5, 0.6) is 0 Å². The lowest BCUT2D eigenvalue weighted by Gasteiger charge is -2.38. The van der Waals surface area contributed by atoms with Gasteiger partial charge >= 0.3 is 0 Å². The van der Waals surface area contributed by atoms with Crippen LogP contribution in [-0.2, 0) is 14.8 Å². The van der Waals surface area contributed by atoms with Crippen molar-refractivity contribution in [2.45, 2.75) is 50.0 Å². The molecule has 1 N–H and O–H groups in total. The average molecular weight is 490 g/mol. The van der Waals surface area contributed by atoms with Gasteiger partial charge in [0.15, 0.2) is 0 Å². The van der Waals surface area contributed by atoms with Crippen molar-refractivity contribution >= 4 is 33.2 Å². The van der Waals surface area contributed by atoms with Crippen LogP contribution in [0.2, 0.25) is 0 Å². The Labute approximate surface area is 199 Å². The molecular formula is C24H31N3O4S2. The number of nitrogens with one attached hydrogen (secondary N) is 1. The average Bonchev–Trinajstić information content (AvgIpc) is 3.38. The second kappa shape index (κ2) is 10.4. The van der Waals surface area contributed by atoms with E-state index in [4.69, 9.17) is 0 Å². The van der Waals surface area contributed by atoms with E-state index in [9.17, 15) is 18.0 Å². The minimum Gasteiger partial charge on any atom is -0.341 e. The van der Waals surface area contributed by atoms with Gasteiger partial charge in [-0.2, -0.15) is 4.31 Å². The van der Waals surface area contributed by atoms with Gasteiger partial charge in [0.1, 0.15) is 6.04 Å². The number of nitrogens with zero attached hydrogens (tertiary/aromatic N) is 2. The first-order chi connectivity index (χ1) is 15.9. The summed E-state index contributed by atoms with van der Waals surface area (Å²) in [6, 6.07) is 9.80. The molecule has 2 aliphatic heterocycles. The summed E-state index contributed by atoms with van der Waals surface area (Å²) in [4.78, 5) is 28.9. The van der Waals surface area contributed by atoms with E-state index in [1.165, 1.54) is 15.6 Å². The quantitative estimate of drug-likeness (QED) is 0.675. The molecule has 2 saturated heterocycles. The first kappa shape index (κ1) is 23.9. The highest BCUT2D eigenvalue weighted by Crippen LogP contribution is 2.28. The molecule has 0 spiro atoms. The smallest absolute Gasteiger partial charge is 0.262 e. The molecule has 2 aromatic rings. The van der Waals surface area contributed by atoms with Crippen LogP contribution in [0.25, 0.3) is 0 Å². The number of carbonyl (C=O) groups excluding carboxylic acids is 2. The molecule has 178 valence electrons. The monoisotopic (exact) mass is 489 g/mol. The standard InChI is InChI=1S/C24H31N3O4S2/c1-18-7-9-20(10-8-18)33(30,31)27-15-11-19(12-16-27)22(24(29)26-13-3-2-4-14-26)25-23(28)21-6-5-17-32-21/h5-10,17,19,22H,2-4,11-16H2,1H3,(H,25,28). The normalized spacial score (nSPS) is 19.2. The summed E-state index contributed by atoms with van der Waals surface area (Å²) in [7, 11) is -3.57. The fourth-order valence-corrected chi connectivity index (χ4v) is 6.72. The van der Waals surface area contributed by atoms with E-state index in [0.29, 0.717) is 48.8 Å². The van der Waals surface area contributed by atoms with E-state index >= 15 is 0 Å². The number of likely N-dealkylation sites (tertiary alicyclic amines) is 1. The summed E-state index contributed by atoms with van der Waals surface area (Å²) in [6.45, 7) is 4.01. The van der Waals surface area contributed by atoms with Crippen molar-refractivity contribution in [2.24, 2.45) is 5.92 Å². The molecule has 1 aromatic heterocycles. The van der Waals surface area contributed by atoms with Crippen LogP contribution in [0.1, 0.15) is 47.3 Å². The van der Waals surface area contributed by atoms with Crippen LogP contribution < -0.4 is 5.32 Å². The Morgan fingerprint density at radius 1 is 1.00 bits per heavy atom. The minimum atomic E-state index is -3.57. The maximum absolute atomic E-state index is 13.4. The van der Waals surface area contributed by atoms with Crippen LogP contribution in [-0.4, -0.2) is 61.7 Å². The lowest BCUT2D eigenvalue weighted by Crippen LogP contribution is -2.55. The molecule has 2 aliphatic rings. The van der Waals surface area contributed by atoms with Crippen LogP contribution in [0, 0.1) is 12.8 Å². The van der Waals surface area contributed by atoms with Crippen LogP contribution in [0.3, 0.4) is 0 Å². The number of aryl methyl sites for hydroxylation is 1. The van der Waals surface area contributed by atoms with Crippen molar-refractivity contribution in [1.29, 1.82) is 0 Å². The third kappa shape index (κ3) is 5.47. The van der Waals surface area contributed by atoms with Gasteiger partial charge in [0.2, 0.25) is 15.9 Å². The summed E-state index contributed by atoms with van der Waals surface area (Å²) in [5.74, 6) is -0.387. The molecule has 3 heterocycles. The Morgan fingerprint density at radius 3 is 2.27 bits per heavy atom. The van der Waals surface area contributed by atoms with Crippen molar-refractivity contribution in [3.8, 4) is 0 Å². The molecule has 33 heavy (non-hydrogen) atoms. The molecule has 7 nitrogen and oxygen atoms in total. The number of rotatable bonds is 6. The Bertz CT molecular complexity index is 1050. The molecule has 1 aromatic carbocycles. The second-order valence-electron chi connectivity index (χ2n) is 8.87. The Kier molecular flexibility index (Phi) is 7.51. The number of amides is 2. The van der Waals surface area contributed by atoms with Crippen molar-refractivity contribution in [3.05, 3.63) is 52.2 Å². The molecule has 1 atom stereocenters. The molecule has 1 unspecified atom stereocenters. The highest BCUT2D eigenvalue weighted by molar-refractivity contribution is 7.89. The minimum absolute atomic E-state index is 0.0422. The number of sulfonamides is 1. The van der Waals surface area contributed by atoms with Gasteiger partial charge in [0.05, 0.1) is 9.77 Å². The third-order valence-electron chi connectivity index (χ3n) is 6.59. The van der Waals surface area contributed by atoms with E-state index in [-0.39, 0.29) is 17.7 Å². The van der Waals surface area contributed by atoms with Crippen molar-refractivity contribution in [2.75, 3.05) is 26.2 Å². The van der Waals surface area contributed by atoms with E-state index in [1.807, 2.05) is 23.3 Å². The van der Waals surface area contributed by atoms with E-state index in [1.54, 1.807) is 30.3 Å². The van der Waals surface area contributed by atoms with Gasteiger partial charge in [0.25, 0.3) is 5.91 Å². The van der Waals surface area contributed by atoms with Gasteiger partial charge in [-0.15, -0.1) is 11.3 Å². The predicted octanol–water partition coefficient (Wildman–Crippen LogP) is 3.27. The first-order valence-electron chi connectivity index (χ1n) is 11.6. The van der Waals surface area contributed by atoms with Crippen LogP contribution >= 0.6 is 11.3 Å². The van der Waals surface area contributed by atoms with Gasteiger partial charge in [-0.05, 0) is 68.5 Å². The molecule has 2 fully saturated rings. The van der Waals surface area contributed by atoms with Gasteiger partial charge in [0, 0.05) is 26.2 Å². The number of hydrogen-bond donors (Lipinski definition) is 1. The number of carbonyl (C=O) groups is 2. The molecule has 0 bridgehead atoms. The number of hydrogen-bond acceptors (Lipinski definition) is 5. The number of benzene rings is 1. The van der Waals surface area contributed by atoms with Crippen molar-refractivity contribution < 1.29 is 18.0 Å². The fraction of sp³-hybridized carbons (Fsp3) is 0.500. The predicted molar refractivity (Wildman–Crippen MR) is 129 cm³/mol. The number of thiophene rings is 1. The third-order valence-corrected chi connectivity index (χ3v) is 9.38. The fourth-order valence-electron chi connectivity index (χ4n) is 4.62. The van der Waals surface area contributed by atoms with E-state index in [2.05, 4.69) is 5.32 Å². The van der Waals surface area contributed by atoms with Gasteiger partial charge in [-0.1, -0.05) is 23.8 Å². The van der Waals surface area contributed by atoms with Crippen molar-refractivity contribution in [1.82, 2.24) is 14.5 Å². The van der Waals surface area contributed by atoms with Crippen LogP contribution in [0.15, 0.2) is 46.7 Å². The lowest BCUT2D eigenvalue weighted by molar-refractivity contribution is -0.135. The summed E-state index contributed by atoms with van der Waals surface area (Å²) in [5.41, 5.74) is 1.01. The Hall–Kier alpha value is -2.23. The molecule has 9 heteroatoms. The zero-order chi connectivity index (χ0) is 23.4. The summed E-state index contributed by atoms with van der Waals surface area (Å²) < 4.78 is 27.6. The van der Waals surface area contributed by atoms with Gasteiger partial charge in [-0.3, -0.25) is 9.59 Å². The SMILES string of the molecule is Cc1ccc(S(=O)(=O)N2CCC(C(NC(=O)c3cccs3)C(=O)N3CCCCC3)CC2)cc1. The molecular weight excluding hydrogens is 458 g/mol. The maximum atomic E-state index is 13.4. The topological polar surface area (TPSA) is 86.8 Å². The molecule has 0 saturated carbocycles. The highest BCUT2D eigenvalue weighted by Gasteiger charge is 2.38. The zero-order valence-corrected chi connectivity index (χ0v) is 20.5. The maximum Gasteiger partial charge on any atom is 0.262 e. The van der Waals surface area contributed by atoms with Crippen molar-refractivity contribution in [3.63, 3.8) is 0 Å². The lowest BCUT2D eigenvalue weighted by atomic mass is 9.88. The largest absolute Gasteiger partial charge is 0.341 e. The molecule has 4 rings (SSSR count). The molecule has 0 radical (unpaired) electrons. The Morgan fingerprint density at radius 2 is 1.67 bits per heavy atom. The van der Waals surface area contributed by atoms with Gasteiger partial charge < -0.3 is 10.2 Å². The van der Waals surface area contributed by atoms with E-state index < -0.39 is 16.1 Å². The van der Waals surface area contributed by atoms with Crippen LogP contribution in [0.4, 0.5) is 0 Å². The van der Waals surface area contributed by atoms with Gasteiger partial charge in [-0.25, -0.2) is 8.42 Å². The Balaban J connectivity index is 1.47. The number of piperidine rings is 2. The summed E-state index contributed by atoms with van der Waals surface area (Å²) in [5, 5.41) is 4.83. The zero-order valence-electron chi connectivity index (χ0n) is 18.9. The van der Waals surface area contributed by atoms with E-state index in [0.717, 1.165) is 24.8 Å².